The van der Waals surface area contributed by atoms with E-state index < -0.39 is 0 Å². The molecule has 1 amide bonds. The van der Waals surface area contributed by atoms with Crippen LogP contribution in [0.25, 0.3) is 0 Å². The molecule has 5 heteroatoms. The Morgan fingerprint density at radius 2 is 1.91 bits per heavy atom. The minimum atomic E-state index is -0.0780. The number of carbonyl (C=O) groups is 1. The summed E-state index contributed by atoms with van der Waals surface area (Å²) in [6, 6.07) is 17.1. The third-order valence-electron chi connectivity index (χ3n) is 3.27. The molecule has 0 bridgehead atoms. The van der Waals surface area contributed by atoms with Gasteiger partial charge in [0.05, 0.1) is 6.54 Å². The topological polar surface area (TPSA) is 58.4 Å². The van der Waals surface area contributed by atoms with Gasteiger partial charge in [0.2, 0.25) is 5.91 Å². The van der Waals surface area contributed by atoms with Gasteiger partial charge in [0.25, 0.3) is 0 Å². The Kier molecular flexibility index (Phi) is 5.49. The second-order valence-electron chi connectivity index (χ2n) is 4.84. The van der Waals surface area contributed by atoms with Crippen LogP contribution in [0.1, 0.15) is 12.5 Å². The fourth-order valence-electron chi connectivity index (χ4n) is 2.15. The molecule has 0 heterocycles. The first-order valence-electron chi connectivity index (χ1n) is 7.10. The number of nitrogens with one attached hydrogen (secondary N) is 1. The van der Waals surface area contributed by atoms with Crippen molar-refractivity contribution in [2.75, 3.05) is 23.3 Å². The number of nitrogens with two attached hydrogens (primary N) is 1. The van der Waals surface area contributed by atoms with Crippen molar-refractivity contribution in [3.8, 4) is 0 Å². The van der Waals surface area contributed by atoms with Gasteiger partial charge in [-0.2, -0.15) is 0 Å². The molecule has 0 radical (unpaired) electrons. The Labute approximate surface area is 135 Å². The SMILES string of the molecule is CCN(CC(=O)Nc1cccc(C(N)=S)c1)c1ccccc1. The van der Waals surface area contributed by atoms with Gasteiger partial charge in [0.1, 0.15) is 4.99 Å². The van der Waals surface area contributed by atoms with E-state index in [1.165, 1.54) is 0 Å². The van der Waals surface area contributed by atoms with E-state index in [1.807, 2.05) is 60.4 Å². The fourth-order valence-corrected chi connectivity index (χ4v) is 2.28. The first-order valence-corrected chi connectivity index (χ1v) is 7.50. The maximum atomic E-state index is 12.2. The van der Waals surface area contributed by atoms with Gasteiger partial charge in [0.15, 0.2) is 0 Å². The molecule has 0 atom stereocenters. The predicted molar refractivity (Wildman–Crippen MR) is 95.3 cm³/mol. The molecule has 0 saturated heterocycles. The van der Waals surface area contributed by atoms with E-state index >= 15 is 0 Å². The van der Waals surface area contributed by atoms with E-state index in [2.05, 4.69) is 5.32 Å². The van der Waals surface area contributed by atoms with E-state index in [1.54, 1.807) is 6.07 Å². The fraction of sp³-hybridized carbons (Fsp3) is 0.176. The number of nitrogens with zero attached hydrogens (tertiary/aromatic N) is 1. The molecule has 2 rings (SSSR count). The standard InChI is InChI=1S/C17H19N3OS/c1-2-20(15-9-4-3-5-10-15)12-16(21)19-14-8-6-7-13(11-14)17(18)22/h3-11H,2,12H2,1H3,(H2,18,22)(H,19,21). The molecule has 2 aromatic carbocycles. The monoisotopic (exact) mass is 313 g/mol. The number of para-hydroxylation sites is 1. The van der Waals surface area contributed by atoms with Crippen molar-refractivity contribution in [1.29, 1.82) is 0 Å². The lowest BCUT2D eigenvalue weighted by Crippen LogP contribution is -2.33. The summed E-state index contributed by atoms with van der Waals surface area (Å²) >= 11 is 4.94. The van der Waals surface area contributed by atoms with Crippen molar-refractivity contribution in [2.24, 2.45) is 5.73 Å². The Morgan fingerprint density at radius 3 is 2.55 bits per heavy atom. The van der Waals surface area contributed by atoms with Crippen molar-refractivity contribution in [3.63, 3.8) is 0 Å². The van der Waals surface area contributed by atoms with Gasteiger partial charge >= 0.3 is 0 Å². The van der Waals surface area contributed by atoms with Crippen LogP contribution < -0.4 is 16.0 Å². The minimum Gasteiger partial charge on any atom is -0.389 e. The summed E-state index contributed by atoms with van der Waals surface area (Å²) in [5.41, 5.74) is 8.06. The average molecular weight is 313 g/mol. The van der Waals surface area contributed by atoms with Crippen LogP contribution in [0.5, 0.6) is 0 Å². The minimum absolute atomic E-state index is 0.0780. The number of likely N-dealkylation sites (N-methyl/N-ethyl adjacent to an activating group) is 1. The van der Waals surface area contributed by atoms with Crippen LogP contribution in [0, 0.1) is 0 Å². The number of hydrogen-bond donors (Lipinski definition) is 2. The zero-order valence-corrected chi connectivity index (χ0v) is 13.3. The number of benzene rings is 2. The van der Waals surface area contributed by atoms with Gasteiger partial charge < -0.3 is 16.0 Å². The van der Waals surface area contributed by atoms with Crippen LogP contribution in [-0.4, -0.2) is 24.0 Å². The molecule has 2 aromatic rings. The molecule has 0 spiro atoms. The maximum Gasteiger partial charge on any atom is 0.243 e. The highest BCUT2D eigenvalue weighted by atomic mass is 32.1. The predicted octanol–water partition coefficient (Wildman–Crippen LogP) is 2.79. The van der Waals surface area contributed by atoms with Crippen molar-refractivity contribution >= 4 is 34.5 Å². The summed E-state index contributed by atoms with van der Waals surface area (Å²) in [6.45, 7) is 3.07. The quantitative estimate of drug-likeness (QED) is 0.805. The normalized spacial score (nSPS) is 10.0. The molecule has 0 saturated carbocycles. The number of thiocarbonyl (C=S) groups is 1. The molecule has 0 aliphatic heterocycles. The first kappa shape index (κ1) is 16.0. The van der Waals surface area contributed by atoms with E-state index in [9.17, 15) is 4.79 Å². The first-order chi connectivity index (χ1) is 10.6. The second-order valence-corrected chi connectivity index (χ2v) is 5.28. The lowest BCUT2D eigenvalue weighted by molar-refractivity contribution is -0.115. The van der Waals surface area contributed by atoms with Crippen LogP contribution in [0.2, 0.25) is 0 Å². The molecule has 3 N–H and O–H groups in total. The molecule has 22 heavy (non-hydrogen) atoms. The Morgan fingerprint density at radius 1 is 1.18 bits per heavy atom. The van der Waals surface area contributed by atoms with Gasteiger partial charge in [0, 0.05) is 23.5 Å². The largest absolute Gasteiger partial charge is 0.389 e. The van der Waals surface area contributed by atoms with Crippen LogP contribution in [-0.2, 0) is 4.79 Å². The summed E-state index contributed by atoms with van der Waals surface area (Å²) in [7, 11) is 0. The zero-order chi connectivity index (χ0) is 15.9. The molecular formula is C17H19N3OS. The van der Waals surface area contributed by atoms with Crippen molar-refractivity contribution < 1.29 is 4.79 Å². The van der Waals surface area contributed by atoms with Crippen LogP contribution >= 0.6 is 12.2 Å². The van der Waals surface area contributed by atoms with Gasteiger partial charge in [-0.3, -0.25) is 4.79 Å². The number of anilines is 2. The van der Waals surface area contributed by atoms with Crippen molar-refractivity contribution in [2.45, 2.75) is 6.92 Å². The number of amides is 1. The summed E-state index contributed by atoms with van der Waals surface area (Å²) < 4.78 is 0. The Balaban J connectivity index is 2.03. The number of rotatable bonds is 6. The summed E-state index contributed by atoms with van der Waals surface area (Å²) in [4.78, 5) is 14.5. The number of hydrogen-bond acceptors (Lipinski definition) is 3. The molecule has 0 aliphatic carbocycles. The maximum absolute atomic E-state index is 12.2. The molecule has 0 aliphatic rings. The molecule has 114 valence electrons. The van der Waals surface area contributed by atoms with E-state index in [-0.39, 0.29) is 12.5 Å². The van der Waals surface area contributed by atoms with Crippen LogP contribution in [0.4, 0.5) is 11.4 Å². The van der Waals surface area contributed by atoms with Crippen molar-refractivity contribution in [3.05, 3.63) is 60.2 Å². The van der Waals surface area contributed by atoms with Gasteiger partial charge in [-0.05, 0) is 31.2 Å². The average Bonchev–Trinajstić information content (AvgIpc) is 2.53. The molecule has 0 unspecified atom stereocenters. The Hall–Kier alpha value is -2.40. The zero-order valence-electron chi connectivity index (χ0n) is 12.5. The smallest absolute Gasteiger partial charge is 0.243 e. The van der Waals surface area contributed by atoms with Gasteiger partial charge in [-0.15, -0.1) is 0 Å². The van der Waals surface area contributed by atoms with Crippen molar-refractivity contribution in [1.82, 2.24) is 0 Å². The van der Waals surface area contributed by atoms with Gasteiger partial charge in [-0.1, -0.05) is 42.5 Å². The number of carbonyl (C=O) groups excluding carboxylic acids is 1. The highest BCUT2D eigenvalue weighted by Crippen LogP contribution is 2.14. The van der Waals surface area contributed by atoms with Crippen LogP contribution in [0.3, 0.4) is 0 Å². The summed E-state index contributed by atoms with van der Waals surface area (Å²) in [5, 5.41) is 2.88. The van der Waals surface area contributed by atoms with E-state index in [0.717, 1.165) is 17.8 Å². The third-order valence-corrected chi connectivity index (χ3v) is 3.50. The summed E-state index contributed by atoms with van der Waals surface area (Å²) in [6.07, 6.45) is 0. The van der Waals surface area contributed by atoms with Gasteiger partial charge in [-0.25, -0.2) is 0 Å². The van der Waals surface area contributed by atoms with E-state index in [0.29, 0.717) is 10.7 Å². The molecule has 0 fully saturated rings. The van der Waals surface area contributed by atoms with Crippen LogP contribution in [0.15, 0.2) is 54.6 Å². The molecular weight excluding hydrogens is 294 g/mol. The molecule has 0 aromatic heterocycles. The molecule has 4 nitrogen and oxygen atoms in total. The highest BCUT2D eigenvalue weighted by Gasteiger charge is 2.10. The second kappa shape index (κ2) is 7.56. The lowest BCUT2D eigenvalue weighted by atomic mass is 10.2. The van der Waals surface area contributed by atoms with E-state index in [4.69, 9.17) is 18.0 Å². The summed E-state index contributed by atoms with van der Waals surface area (Å²) in [5.74, 6) is -0.0780. The highest BCUT2D eigenvalue weighted by molar-refractivity contribution is 7.80. The third kappa shape index (κ3) is 4.30. The Bertz CT molecular complexity index is 658. The lowest BCUT2D eigenvalue weighted by Gasteiger charge is -2.22.